The zero-order chi connectivity index (χ0) is 24.1. The second kappa shape index (κ2) is 11.1. The first-order valence-electron chi connectivity index (χ1n) is 11.2. The molecule has 1 aliphatic rings. The Bertz CT molecular complexity index is 1140. The van der Waals surface area contributed by atoms with Crippen LogP contribution in [-0.4, -0.2) is 40.2 Å². The molecule has 1 aliphatic carbocycles. The zero-order valence-electron chi connectivity index (χ0n) is 19.4. The maximum atomic E-state index is 14.2. The summed E-state index contributed by atoms with van der Waals surface area (Å²) >= 11 is 2.96. The zero-order valence-corrected chi connectivity index (χ0v) is 21.0. The van der Waals surface area contributed by atoms with E-state index in [1.807, 2.05) is 22.7 Å². The van der Waals surface area contributed by atoms with E-state index < -0.39 is 12.1 Å². The number of aromatic nitrogens is 3. The molecule has 1 aromatic carbocycles. The van der Waals surface area contributed by atoms with Crippen molar-refractivity contribution in [3.63, 3.8) is 0 Å². The molecule has 7 nitrogen and oxygen atoms in total. The minimum absolute atomic E-state index is 0.120. The minimum atomic E-state index is -1.03. The van der Waals surface area contributed by atoms with Crippen molar-refractivity contribution in [3.8, 4) is 5.75 Å². The normalized spacial score (nSPS) is 13.4. The lowest BCUT2D eigenvalue weighted by Crippen LogP contribution is -2.23. The number of carbonyl (C=O) groups excluding carboxylic acids is 1. The molecule has 1 atom stereocenters. The standard InChI is InChI=1S/C24H27FN4O3S2/c1-4-31-23(30)19-10-26-22(27-11-19)13-32-21-9-18-7-5-6-17(18)8-20(21)29(12-15(2)25)34-24-28-16(3)14-33-24/h8-11,14-15H,4-7,12-13H2,1-3H3. The Balaban J connectivity index is 1.58. The molecule has 10 heteroatoms. The van der Waals surface area contributed by atoms with E-state index in [9.17, 15) is 9.18 Å². The lowest BCUT2D eigenvalue weighted by atomic mass is 10.1. The van der Waals surface area contributed by atoms with Crippen LogP contribution in [0.4, 0.5) is 10.1 Å². The Labute approximate surface area is 206 Å². The average molecular weight is 503 g/mol. The smallest absolute Gasteiger partial charge is 0.341 e. The van der Waals surface area contributed by atoms with Crippen LogP contribution in [0.1, 0.15) is 53.3 Å². The molecular weight excluding hydrogens is 475 g/mol. The molecule has 1 unspecified atom stereocenters. The van der Waals surface area contributed by atoms with Gasteiger partial charge in [0.15, 0.2) is 10.2 Å². The number of rotatable bonds is 10. The van der Waals surface area contributed by atoms with Gasteiger partial charge in [0.25, 0.3) is 0 Å². The molecule has 0 bridgehead atoms. The van der Waals surface area contributed by atoms with Gasteiger partial charge in [0, 0.05) is 35.4 Å². The van der Waals surface area contributed by atoms with Crippen LogP contribution >= 0.6 is 23.3 Å². The van der Waals surface area contributed by atoms with E-state index in [2.05, 4.69) is 21.0 Å². The van der Waals surface area contributed by atoms with Gasteiger partial charge >= 0.3 is 5.97 Å². The second-order valence-electron chi connectivity index (χ2n) is 8.03. The Kier molecular flexibility index (Phi) is 7.99. The van der Waals surface area contributed by atoms with Gasteiger partial charge in [0.2, 0.25) is 0 Å². The number of hydrogen-bond acceptors (Lipinski definition) is 9. The quantitative estimate of drug-likeness (QED) is 0.271. The van der Waals surface area contributed by atoms with E-state index in [1.165, 1.54) is 46.8 Å². The molecule has 0 saturated heterocycles. The number of aryl methyl sites for hydroxylation is 3. The molecule has 180 valence electrons. The van der Waals surface area contributed by atoms with Crippen LogP contribution in [-0.2, 0) is 24.2 Å². The van der Waals surface area contributed by atoms with Gasteiger partial charge in [-0.15, -0.1) is 11.3 Å². The Morgan fingerprint density at radius 2 is 2.00 bits per heavy atom. The molecule has 2 aromatic heterocycles. The molecular formula is C24H27FN4O3S2. The molecule has 0 aliphatic heterocycles. The summed E-state index contributed by atoms with van der Waals surface area (Å²) in [4.78, 5) is 24.8. The van der Waals surface area contributed by atoms with Crippen molar-refractivity contribution in [1.29, 1.82) is 0 Å². The third-order valence-electron chi connectivity index (χ3n) is 5.22. The molecule has 3 aromatic rings. The van der Waals surface area contributed by atoms with Gasteiger partial charge in [-0.25, -0.2) is 24.1 Å². The van der Waals surface area contributed by atoms with E-state index >= 15 is 0 Å². The van der Waals surface area contributed by atoms with E-state index in [0.717, 1.165) is 35.0 Å². The molecule has 0 saturated carbocycles. The topological polar surface area (TPSA) is 77.4 Å². The third-order valence-corrected chi connectivity index (χ3v) is 7.30. The maximum absolute atomic E-state index is 14.2. The van der Waals surface area contributed by atoms with Crippen LogP contribution in [0.2, 0.25) is 0 Å². The number of esters is 1. The van der Waals surface area contributed by atoms with Crippen LogP contribution in [0.3, 0.4) is 0 Å². The molecule has 0 fully saturated rings. The summed E-state index contributed by atoms with van der Waals surface area (Å²) in [6.45, 7) is 5.85. The first kappa shape index (κ1) is 24.4. The number of hydrogen-bond donors (Lipinski definition) is 0. The van der Waals surface area contributed by atoms with Gasteiger partial charge < -0.3 is 13.8 Å². The number of halogens is 1. The second-order valence-corrected chi connectivity index (χ2v) is 10.2. The Morgan fingerprint density at radius 3 is 2.65 bits per heavy atom. The van der Waals surface area contributed by atoms with Gasteiger partial charge in [0.1, 0.15) is 18.5 Å². The number of thiazole rings is 1. The number of nitrogens with zero attached hydrogens (tertiary/aromatic N) is 4. The molecule has 0 radical (unpaired) electrons. The summed E-state index contributed by atoms with van der Waals surface area (Å²) in [5.74, 6) is 0.634. The molecule has 2 heterocycles. The molecule has 0 spiro atoms. The van der Waals surface area contributed by atoms with Gasteiger partial charge in [-0.2, -0.15) is 0 Å². The SMILES string of the molecule is CCOC(=O)c1cnc(COc2cc3c(cc2N(CC(C)F)Sc2nc(C)cs2)CCC3)nc1. The fraction of sp³-hybridized carbons (Fsp3) is 0.417. The number of benzene rings is 1. The lowest BCUT2D eigenvalue weighted by Gasteiger charge is -2.26. The summed E-state index contributed by atoms with van der Waals surface area (Å²) in [5.41, 5.74) is 4.56. The first-order valence-corrected chi connectivity index (χ1v) is 12.9. The van der Waals surface area contributed by atoms with Gasteiger partial charge in [-0.1, -0.05) is 0 Å². The van der Waals surface area contributed by atoms with E-state index in [0.29, 0.717) is 17.1 Å². The number of anilines is 1. The molecule has 0 N–H and O–H groups in total. The monoisotopic (exact) mass is 502 g/mol. The fourth-order valence-corrected chi connectivity index (χ4v) is 5.67. The number of carbonyl (C=O) groups is 1. The summed E-state index contributed by atoms with van der Waals surface area (Å²) in [6, 6.07) is 4.16. The predicted octanol–water partition coefficient (Wildman–Crippen LogP) is 5.36. The van der Waals surface area contributed by atoms with Gasteiger partial charge in [0.05, 0.1) is 24.4 Å². The highest BCUT2D eigenvalue weighted by molar-refractivity contribution is 8.02. The largest absolute Gasteiger partial charge is 0.483 e. The van der Waals surface area contributed by atoms with E-state index in [1.54, 1.807) is 13.8 Å². The van der Waals surface area contributed by atoms with E-state index in [4.69, 9.17) is 9.47 Å². The maximum Gasteiger partial charge on any atom is 0.341 e. The van der Waals surface area contributed by atoms with Crippen molar-refractivity contribution in [2.24, 2.45) is 0 Å². The average Bonchev–Trinajstić information content (AvgIpc) is 3.44. The number of ether oxygens (including phenoxy) is 2. The van der Waals surface area contributed by atoms with Crippen LogP contribution < -0.4 is 9.04 Å². The van der Waals surface area contributed by atoms with Crippen molar-refractivity contribution in [2.75, 3.05) is 17.5 Å². The van der Waals surface area contributed by atoms with Crippen LogP contribution in [0, 0.1) is 6.92 Å². The van der Waals surface area contributed by atoms with Crippen LogP contribution in [0.25, 0.3) is 0 Å². The minimum Gasteiger partial charge on any atom is -0.483 e. The van der Waals surface area contributed by atoms with Crippen molar-refractivity contribution in [3.05, 3.63) is 58.1 Å². The van der Waals surface area contributed by atoms with Crippen molar-refractivity contribution >= 4 is 34.9 Å². The predicted molar refractivity (Wildman–Crippen MR) is 131 cm³/mol. The van der Waals surface area contributed by atoms with Crippen molar-refractivity contribution < 1.29 is 18.7 Å². The summed E-state index contributed by atoms with van der Waals surface area (Å²) in [6.07, 6.45) is 4.93. The highest BCUT2D eigenvalue weighted by Crippen LogP contribution is 2.41. The highest BCUT2D eigenvalue weighted by atomic mass is 32.2. The van der Waals surface area contributed by atoms with Crippen LogP contribution in [0.5, 0.6) is 5.75 Å². The molecule has 4 rings (SSSR count). The summed E-state index contributed by atoms with van der Waals surface area (Å²) in [5, 5.41) is 1.98. The third kappa shape index (κ3) is 6.04. The summed E-state index contributed by atoms with van der Waals surface area (Å²) < 4.78 is 28.1. The van der Waals surface area contributed by atoms with Gasteiger partial charge in [-0.05, 0) is 63.3 Å². The Morgan fingerprint density at radius 1 is 1.26 bits per heavy atom. The molecule has 34 heavy (non-hydrogen) atoms. The lowest BCUT2D eigenvalue weighted by molar-refractivity contribution is 0.0525. The molecule has 0 amide bonds. The van der Waals surface area contributed by atoms with Gasteiger partial charge in [-0.3, -0.25) is 0 Å². The van der Waals surface area contributed by atoms with Crippen molar-refractivity contribution in [2.45, 2.75) is 57.2 Å². The van der Waals surface area contributed by atoms with Crippen molar-refractivity contribution in [1.82, 2.24) is 15.0 Å². The number of fused-ring (bicyclic) bond motifs is 1. The highest BCUT2D eigenvalue weighted by Gasteiger charge is 2.23. The first-order chi connectivity index (χ1) is 16.4. The van der Waals surface area contributed by atoms with Crippen LogP contribution in [0.15, 0.2) is 34.2 Å². The summed E-state index contributed by atoms with van der Waals surface area (Å²) in [7, 11) is 0. The Hall–Kier alpha value is -2.72. The van der Waals surface area contributed by atoms with E-state index in [-0.39, 0.29) is 19.8 Å². The fourth-order valence-electron chi connectivity index (χ4n) is 3.67. The number of alkyl halides is 1.